The van der Waals surface area contributed by atoms with Gasteiger partial charge in [-0.1, -0.05) is 30.3 Å². The van der Waals surface area contributed by atoms with Crippen LogP contribution in [0.1, 0.15) is 140 Å². The summed E-state index contributed by atoms with van der Waals surface area (Å²) in [5, 5.41) is 83.8. The van der Waals surface area contributed by atoms with Gasteiger partial charge in [-0.05, 0) is 118 Å². The van der Waals surface area contributed by atoms with E-state index in [9.17, 15) is 73.2 Å². The number of hydrogen-bond acceptors (Lipinski definition) is 34. The van der Waals surface area contributed by atoms with Crippen LogP contribution < -0.4 is 57.9 Å². The Balaban J connectivity index is 0.834. The molecule has 0 aliphatic carbocycles. The van der Waals surface area contributed by atoms with Gasteiger partial charge in [-0.25, -0.2) is 38.7 Å². The number of aromatic carboxylic acids is 2. The summed E-state index contributed by atoms with van der Waals surface area (Å²) in [6.45, 7) is 15.6. The predicted molar refractivity (Wildman–Crippen MR) is 536 cm³/mol. The average molecular weight is 2100 g/mol. The van der Waals surface area contributed by atoms with Crippen LogP contribution in [-0.4, -0.2) is 415 Å². The minimum absolute atomic E-state index is 0.00769. The molecule has 2 aromatic heterocycles. The van der Waals surface area contributed by atoms with Crippen LogP contribution in [0.2, 0.25) is 0 Å². The minimum atomic E-state index is -1.22. The average Bonchev–Trinajstić information content (AvgIpc) is 0.958. The molecule has 4 unspecified atom stereocenters. The van der Waals surface area contributed by atoms with Gasteiger partial charge < -0.3 is 154 Å². The molecule has 0 spiro atoms. The zero-order valence-corrected chi connectivity index (χ0v) is 84.8. The van der Waals surface area contributed by atoms with E-state index in [-0.39, 0.29) is 153 Å². The Morgan fingerprint density at radius 2 is 0.878 bits per heavy atom. The van der Waals surface area contributed by atoms with Crippen LogP contribution in [0.15, 0.2) is 89.2 Å². The standard InChI is InChI=1S/C97H149N17O32S/c1-73(115)98-26-5-3-15-83(92(123)124)108-88(117)25-37-132-46-54-140-57-59-142-61-63-144-65-66-145-64-62-143-60-58-141-55-47-133-39-30-99-90(120)81(107-87(116)24-36-131-45-53-139-56-52-138-44-35-114-72-86(110-111-114)75-11-8-12-77(67-75)105-95(129)100-27-6-4-16-84(93(125)126)109-96(130)101-29-10-18-89(118)119)14-2-7-28-102-97(147)106-76-21-19-74(20-22-76)23-38-146-80-68-79(104-85(69-80)94(127)128)71-113-33-42-136-50-48-134-40-31-112(32-41-135-49-51-137-43-34-113)70-78-13-9-17-82(103-78)91(121)122/h8-9,11-13,17,19-22,67-69,72,81,83-84,86H,2-7,10,14-16,18,23-66,70-71H2,1H3,(H14-,98,99,100,101,102,105,106,107,108,109,115,116,117,118,119,120,121,122,123,124,125,126,127,128,129,130,147)/p+1. The Bertz CT molecular complexity index is 4500. The topological polar surface area (TPSA) is 617 Å². The number of carbonyl (C=O) groups excluding carboxylic acids is 6. The van der Waals surface area contributed by atoms with Crippen LogP contribution in [0, 0.1) is 0 Å². The Morgan fingerprint density at radius 1 is 0.422 bits per heavy atom. The Labute approximate surface area is 861 Å². The van der Waals surface area contributed by atoms with E-state index in [1.807, 2.05) is 36.5 Å². The molecule has 49 nitrogen and oxygen atoms in total. The fraction of sp³-hybridized carbons (Fsp3) is 0.639. The molecular weight excluding hydrogens is 1950 g/mol. The van der Waals surface area contributed by atoms with Crippen LogP contribution in [0.3, 0.4) is 0 Å². The number of carbonyl (C=O) groups is 11. The number of pyridine rings is 2. The third kappa shape index (κ3) is 62.5. The fourth-order valence-corrected chi connectivity index (χ4v) is 14.1. The second kappa shape index (κ2) is 79.7. The van der Waals surface area contributed by atoms with Crippen LogP contribution in [0.5, 0.6) is 5.75 Å². The molecule has 0 saturated carbocycles. The van der Waals surface area contributed by atoms with E-state index in [0.717, 1.165) is 16.8 Å². The number of amides is 8. The van der Waals surface area contributed by atoms with Gasteiger partial charge >= 0.3 is 41.9 Å². The molecule has 2 aliphatic rings. The molecule has 0 radical (unpaired) electrons. The zero-order chi connectivity index (χ0) is 106. The van der Waals surface area contributed by atoms with Gasteiger partial charge in [0, 0.05) is 139 Å². The number of ether oxygens (including phenoxy) is 16. The lowest BCUT2D eigenvalue weighted by Crippen LogP contribution is -2.47. The largest absolute Gasteiger partial charge is 0.493 e. The lowest BCUT2D eigenvalue weighted by Gasteiger charge is -2.23. The lowest BCUT2D eigenvalue weighted by molar-refractivity contribution is -0.534. The van der Waals surface area contributed by atoms with Crippen molar-refractivity contribution in [3.63, 3.8) is 0 Å². The number of carboxylic acid groups (broad SMARTS) is 5. The lowest BCUT2D eigenvalue weighted by atomic mass is 10.1. The summed E-state index contributed by atoms with van der Waals surface area (Å²) in [5.41, 5.74) is 3.93. The first-order valence-electron chi connectivity index (χ1n) is 49.8. The number of carboxylic acids is 5. The van der Waals surface area contributed by atoms with Gasteiger partial charge in [-0.2, -0.15) is 0 Å². The van der Waals surface area contributed by atoms with Gasteiger partial charge in [0.25, 0.3) is 0 Å². The third-order valence-electron chi connectivity index (χ3n) is 21.5. The maximum absolute atomic E-state index is 13.7. The van der Waals surface area contributed by atoms with Crippen LogP contribution in [0.25, 0.3) is 0 Å². The molecule has 6 rings (SSSR count). The van der Waals surface area contributed by atoms with Crippen LogP contribution in [-0.2, 0) is 124 Å². The van der Waals surface area contributed by atoms with Crippen molar-refractivity contribution >= 4 is 100 Å². The van der Waals surface area contributed by atoms with E-state index in [4.69, 9.17) is 93.1 Å². The second-order valence-electron chi connectivity index (χ2n) is 33.3. The summed E-state index contributed by atoms with van der Waals surface area (Å²) in [5.74, 6) is -6.61. The maximum atomic E-state index is 13.7. The smallest absolute Gasteiger partial charge is 0.354 e. The van der Waals surface area contributed by atoms with Crippen molar-refractivity contribution in [2.75, 3.05) is 281 Å². The SMILES string of the molecule is CC(=O)NCCCCC(NC(=O)CCOCCOCCOCCOCCOCCOCCOCCOCCNC(=O)C(CCCCNC(=S)Nc1ccc(CCOc2cc(CN3CCOCCOCCN(Cc4cccc(C(=O)O)n4)CCOCCOCC3)nc(C(=O)O)c2)cc1)NC(=O)CCOCCOCCOCC[N+]1=CC(c2cccc(NC(=O)NCCCCC(NC(=O)NCCCC(=O)O)C(=O)O)c2)N=N1)C(=O)O. The number of unbranched alkanes of at least 4 members (excludes halogenated alkanes) is 3. The molecule has 15 N–H and O–H groups in total. The highest BCUT2D eigenvalue weighted by atomic mass is 32.1. The van der Waals surface area contributed by atoms with E-state index < -0.39 is 72.0 Å². The number of urea groups is 2. The maximum Gasteiger partial charge on any atom is 0.354 e. The highest BCUT2D eigenvalue weighted by Gasteiger charge is 2.27. The normalized spacial score (nSPS) is 14.6. The number of anilines is 2. The summed E-state index contributed by atoms with van der Waals surface area (Å²) >= 11 is 5.65. The summed E-state index contributed by atoms with van der Waals surface area (Å²) in [7, 11) is 0. The summed E-state index contributed by atoms with van der Waals surface area (Å²) in [6.07, 6.45) is 6.17. The van der Waals surface area contributed by atoms with Gasteiger partial charge in [0.1, 0.15) is 47.6 Å². The first kappa shape index (κ1) is 124. The molecule has 1 saturated heterocycles. The molecule has 4 heterocycles. The zero-order valence-electron chi connectivity index (χ0n) is 84.0. The van der Waals surface area contributed by atoms with Crippen molar-refractivity contribution in [2.24, 2.45) is 10.3 Å². The van der Waals surface area contributed by atoms with E-state index in [2.05, 4.69) is 83.3 Å². The van der Waals surface area contributed by atoms with Crippen molar-refractivity contribution in [3.05, 3.63) is 113 Å². The molecule has 0 bridgehead atoms. The third-order valence-corrected chi connectivity index (χ3v) is 21.8. The van der Waals surface area contributed by atoms with E-state index in [0.29, 0.717) is 277 Å². The van der Waals surface area contributed by atoms with Crippen molar-refractivity contribution in [3.8, 4) is 5.75 Å². The molecule has 2 aliphatic heterocycles. The van der Waals surface area contributed by atoms with Crippen molar-refractivity contribution < 1.29 is 159 Å². The molecular formula is C97H150N17O32S+. The highest BCUT2D eigenvalue weighted by Crippen LogP contribution is 2.24. The van der Waals surface area contributed by atoms with Gasteiger partial charge in [-0.3, -0.25) is 33.8 Å². The predicted octanol–water partition coefficient (Wildman–Crippen LogP) is 3.89. The molecule has 820 valence electrons. The van der Waals surface area contributed by atoms with Gasteiger partial charge in [0.05, 0.1) is 216 Å². The fourth-order valence-electron chi connectivity index (χ4n) is 13.8. The van der Waals surface area contributed by atoms with Crippen LogP contribution in [0.4, 0.5) is 21.0 Å². The number of nitrogens with one attached hydrogen (secondary N) is 10. The van der Waals surface area contributed by atoms with E-state index in [1.54, 1.807) is 41.1 Å². The molecule has 147 heavy (non-hydrogen) atoms. The van der Waals surface area contributed by atoms with Crippen molar-refractivity contribution in [1.29, 1.82) is 0 Å². The van der Waals surface area contributed by atoms with Crippen molar-refractivity contribution in [1.82, 2.24) is 62.3 Å². The van der Waals surface area contributed by atoms with Gasteiger partial charge in [0.15, 0.2) is 10.8 Å². The monoisotopic (exact) mass is 2100 g/mol. The molecule has 4 aromatic rings. The molecule has 2 aromatic carbocycles. The van der Waals surface area contributed by atoms with Crippen LogP contribution >= 0.6 is 12.2 Å². The number of hydrogen-bond donors (Lipinski definition) is 15. The summed E-state index contributed by atoms with van der Waals surface area (Å²) in [6, 6.07) is 18.2. The van der Waals surface area contributed by atoms with Gasteiger partial charge in [0.2, 0.25) is 29.7 Å². The second-order valence-corrected chi connectivity index (χ2v) is 33.7. The number of nitrogens with zero attached hydrogens (tertiary/aromatic N) is 7. The Hall–Kier alpha value is -11.4. The first-order chi connectivity index (χ1) is 71.4. The quantitative estimate of drug-likeness (QED) is 0.0169. The number of aromatic nitrogens is 2. The minimum Gasteiger partial charge on any atom is -0.493 e. The first-order valence-corrected chi connectivity index (χ1v) is 50.2. The molecule has 1 fully saturated rings. The molecule has 50 heteroatoms. The Morgan fingerprint density at radius 3 is 1.39 bits per heavy atom. The number of aliphatic carboxylic acids is 3. The van der Waals surface area contributed by atoms with E-state index in [1.165, 1.54) is 19.1 Å². The van der Waals surface area contributed by atoms with Crippen molar-refractivity contribution in [2.45, 2.75) is 134 Å². The Kier molecular flexibility index (Phi) is 67.4. The van der Waals surface area contributed by atoms with Gasteiger partial charge in [-0.15, -0.1) is 4.68 Å². The number of rotatable bonds is 77. The van der Waals surface area contributed by atoms with E-state index >= 15 is 0 Å². The molecule has 8 amide bonds. The number of benzene rings is 2. The summed E-state index contributed by atoms with van der Waals surface area (Å²) < 4.78 is 93.1. The highest BCUT2D eigenvalue weighted by molar-refractivity contribution is 7.80. The molecule has 4 atom stereocenters. The number of thiocarbonyl (C=S) groups is 1. The summed E-state index contributed by atoms with van der Waals surface area (Å²) in [4.78, 5) is 146.